The summed E-state index contributed by atoms with van der Waals surface area (Å²) in [6.07, 6.45) is 1.77. The lowest BCUT2D eigenvalue weighted by atomic mass is 10.2. The smallest absolute Gasteiger partial charge is 0.231 e. The van der Waals surface area contributed by atoms with E-state index >= 15 is 0 Å². The van der Waals surface area contributed by atoms with Crippen molar-refractivity contribution in [1.82, 2.24) is 25.1 Å². The zero-order valence-corrected chi connectivity index (χ0v) is 18.3. The Labute approximate surface area is 186 Å². The molecule has 1 aliphatic rings. The Balaban J connectivity index is 1.29. The van der Waals surface area contributed by atoms with Crippen LogP contribution < -0.4 is 20.1 Å². The zero-order valence-electron chi connectivity index (χ0n) is 18.3. The number of aryl methyl sites for hydroxylation is 1. The molecule has 3 heterocycles. The Morgan fingerprint density at radius 1 is 1.19 bits per heavy atom. The molecule has 1 aliphatic heterocycles. The van der Waals surface area contributed by atoms with E-state index in [0.717, 1.165) is 23.5 Å². The molecule has 0 atom stereocenters. The monoisotopic (exact) mass is 440 g/mol. The predicted octanol–water partition coefficient (Wildman–Crippen LogP) is 2.33. The first kappa shape index (κ1) is 21.8. The highest BCUT2D eigenvalue weighted by atomic mass is 16.7. The second kappa shape index (κ2) is 10.3. The number of anilines is 1. The molecule has 0 fully saturated rings. The zero-order chi connectivity index (χ0) is 22.3. The highest BCUT2D eigenvalue weighted by molar-refractivity contribution is 5.76. The highest BCUT2D eigenvalue weighted by Gasteiger charge is 2.14. The Hall–Kier alpha value is -3.40. The molecule has 0 spiro atoms. The largest absolute Gasteiger partial charge is 0.454 e. The number of nitrogens with zero attached hydrogens (tertiary/aromatic N) is 4. The minimum atomic E-state index is -0.0246. The SMILES string of the molecule is CC(C)OCCCNC(=O)CCc1nnc2ccc(NCc3ccc4c(c3)OCO4)nn12. The van der Waals surface area contributed by atoms with Crippen molar-refractivity contribution >= 4 is 17.4 Å². The number of carbonyl (C=O) groups excluding carboxylic acids is 1. The minimum absolute atomic E-state index is 0.0246. The summed E-state index contributed by atoms with van der Waals surface area (Å²) in [7, 11) is 0. The first-order valence-corrected chi connectivity index (χ1v) is 10.8. The van der Waals surface area contributed by atoms with Gasteiger partial charge in [-0.25, -0.2) is 0 Å². The lowest BCUT2D eigenvalue weighted by Gasteiger charge is -2.08. The lowest BCUT2D eigenvalue weighted by molar-refractivity contribution is -0.121. The van der Waals surface area contributed by atoms with Crippen LogP contribution in [0.15, 0.2) is 30.3 Å². The van der Waals surface area contributed by atoms with Crippen LogP contribution in [0, 0.1) is 0 Å². The van der Waals surface area contributed by atoms with Gasteiger partial charge in [0.1, 0.15) is 5.82 Å². The molecule has 3 aromatic rings. The van der Waals surface area contributed by atoms with E-state index < -0.39 is 0 Å². The maximum absolute atomic E-state index is 12.1. The second-order valence-electron chi connectivity index (χ2n) is 7.77. The van der Waals surface area contributed by atoms with Gasteiger partial charge in [-0.1, -0.05) is 6.07 Å². The Morgan fingerprint density at radius 2 is 2.06 bits per heavy atom. The van der Waals surface area contributed by atoms with Gasteiger partial charge in [0.05, 0.1) is 6.10 Å². The van der Waals surface area contributed by atoms with Crippen molar-refractivity contribution in [2.24, 2.45) is 0 Å². The van der Waals surface area contributed by atoms with E-state index in [4.69, 9.17) is 14.2 Å². The fourth-order valence-corrected chi connectivity index (χ4v) is 3.26. The van der Waals surface area contributed by atoms with E-state index in [0.29, 0.717) is 49.8 Å². The van der Waals surface area contributed by atoms with Gasteiger partial charge in [-0.3, -0.25) is 4.79 Å². The number of aromatic nitrogens is 4. The number of carbonyl (C=O) groups is 1. The summed E-state index contributed by atoms with van der Waals surface area (Å²) in [4.78, 5) is 12.1. The molecule has 0 aliphatic carbocycles. The third kappa shape index (κ3) is 5.64. The first-order valence-electron chi connectivity index (χ1n) is 10.8. The molecule has 10 heteroatoms. The van der Waals surface area contributed by atoms with Gasteiger partial charge in [0.15, 0.2) is 23.0 Å². The summed E-state index contributed by atoms with van der Waals surface area (Å²) in [5.41, 5.74) is 1.69. The summed E-state index contributed by atoms with van der Waals surface area (Å²) in [6.45, 7) is 6.06. The van der Waals surface area contributed by atoms with Crippen LogP contribution in [0.5, 0.6) is 11.5 Å². The van der Waals surface area contributed by atoms with Crippen LogP contribution in [0.3, 0.4) is 0 Å². The summed E-state index contributed by atoms with van der Waals surface area (Å²) in [5.74, 6) is 2.81. The van der Waals surface area contributed by atoms with Crippen molar-refractivity contribution < 1.29 is 19.0 Å². The number of ether oxygens (including phenoxy) is 3. The molecule has 1 amide bonds. The fraction of sp³-hybridized carbons (Fsp3) is 0.455. The number of benzene rings is 1. The van der Waals surface area contributed by atoms with E-state index in [1.807, 2.05) is 44.2 Å². The van der Waals surface area contributed by atoms with Crippen molar-refractivity contribution in [3.8, 4) is 11.5 Å². The van der Waals surface area contributed by atoms with Gasteiger partial charge in [0.2, 0.25) is 12.7 Å². The van der Waals surface area contributed by atoms with Gasteiger partial charge in [-0.15, -0.1) is 15.3 Å². The molecule has 1 aromatic carbocycles. The molecule has 0 radical (unpaired) electrons. The number of rotatable bonds is 11. The second-order valence-corrected chi connectivity index (χ2v) is 7.77. The van der Waals surface area contributed by atoms with Gasteiger partial charge in [0, 0.05) is 32.5 Å². The molecule has 2 N–H and O–H groups in total. The molecule has 170 valence electrons. The Bertz CT molecular complexity index is 1070. The van der Waals surface area contributed by atoms with Crippen molar-refractivity contribution in [2.75, 3.05) is 25.3 Å². The van der Waals surface area contributed by atoms with Crippen LogP contribution in [0.1, 0.15) is 38.1 Å². The van der Waals surface area contributed by atoms with Crippen LogP contribution in [0.25, 0.3) is 5.65 Å². The maximum atomic E-state index is 12.1. The summed E-state index contributed by atoms with van der Waals surface area (Å²) in [6, 6.07) is 9.53. The quantitative estimate of drug-likeness (QED) is 0.437. The maximum Gasteiger partial charge on any atom is 0.231 e. The molecule has 0 bridgehead atoms. The Morgan fingerprint density at radius 3 is 2.94 bits per heavy atom. The topological polar surface area (TPSA) is 112 Å². The minimum Gasteiger partial charge on any atom is -0.454 e. The van der Waals surface area contributed by atoms with Crippen LogP contribution >= 0.6 is 0 Å². The van der Waals surface area contributed by atoms with E-state index in [-0.39, 0.29) is 18.8 Å². The fourth-order valence-electron chi connectivity index (χ4n) is 3.26. The number of nitrogens with one attached hydrogen (secondary N) is 2. The predicted molar refractivity (Wildman–Crippen MR) is 118 cm³/mol. The summed E-state index contributed by atoms with van der Waals surface area (Å²) >= 11 is 0. The number of hydrogen-bond acceptors (Lipinski definition) is 8. The normalized spacial score (nSPS) is 12.5. The molecule has 0 unspecified atom stereocenters. The number of amides is 1. The summed E-state index contributed by atoms with van der Waals surface area (Å²) in [5, 5.41) is 19.1. The Kier molecular flexibility index (Phi) is 7.00. The van der Waals surface area contributed by atoms with E-state index in [1.54, 1.807) is 4.52 Å². The average molecular weight is 441 g/mol. The van der Waals surface area contributed by atoms with Crippen LogP contribution in [0.2, 0.25) is 0 Å². The van der Waals surface area contributed by atoms with Gasteiger partial charge in [-0.05, 0) is 50.1 Å². The number of hydrogen-bond donors (Lipinski definition) is 2. The van der Waals surface area contributed by atoms with Crippen LogP contribution in [-0.2, 0) is 22.5 Å². The van der Waals surface area contributed by atoms with Crippen LogP contribution in [0.4, 0.5) is 5.82 Å². The van der Waals surface area contributed by atoms with E-state index in [9.17, 15) is 4.79 Å². The summed E-state index contributed by atoms with van der Waals surface area (Å²) < 4.78 is 17.9. The van der Waals surface area contributed by atoms with Gasteiger partial charge in [-0.2, -0.15) is 4.52 Å². The molecule has 0 saturated carbocycles. The van der Waals surface area contributed by atoms with Gasteiger partial charge < -0.3 is 24.8 Å². The standard InChI is InChI=1S/C22H28N6O4/c1-15(2)30-11-3-10-23-22(29)9-8-21-26-25-20-7-6-19(27-28(20)21)24-13-16-4-5-17-18(12-16)32-14-31-17/h4-7,12,15H,3,8-11,13-14H2,1-2H3,(H,23,29)(H,24,27). The average Bonchev–Trinajstić information content (AvgIpc) is 3.42. The van der Waals surface area contributed by atoms with Crippen molar-refractivity contribution in [3.05, 3.63) is 41.7 Å². The van der Waals surface area contributed by atoms with Crippen LogP contribution in [-0.4, -0.2) is 51.8 Å². The molecule has 0 saturated heterocycles. The molecular formula is C22H28N6O4. The molecular weight excluding hydrogens is 412 g/mol. The van der Waals surface area contributed by atoms with E-state index in [2.05, 4.69) is 25.9 Å². The highest BCUT2D eigenvalue weighted by Crippen LogP contribution is 2.32. The molecule has 10 nitrogen and oxygen atoms in total. The van der Waals surface area contributed by atoms with Gasteiger partial charge in [0.25, 0.3) is 0 Å². The third-order valence-electron chi connectivity index (χ3n) is 4.91. The first-order chi connectivity index (χ1) is 15.6. The number of fused-ring (bicyclic) bond motifs is 2. The van der Waals surface area contributed by atoms with Crippen molar-refractivity contribution in [3.63, 3.8) is 0 Å². The molecule has 32 heavy (non-hydrogen) atoms. The molecule has 4 rings (SSSR count). The van der Waals surface area contributed by atoms with Gasteiger partial charge >= 0.3 is 0 Å². The molecule has 2 aromatic heterocycles. The van der Waals surface area contributed by atoms with Crippen molar-refractivity contribution in [2.45, 2.75) is 45.8 Å². The lowest BCUT2D eigenvalue weighted by Crippen LogP contribution is -2.26. The third-order valence-corrected chi connectivity index (χ3v) is 4.91. The van der Waals surface area contributed by atoms with Crippen molar-refractivity contribution in [1.29, 1.82) is 0 Å². The van der Waals surface area contributed by atoms with E-state index in [1.165, 1.54) is 0 Å².